The lowest BCUT2D eigenvalue weighted by atomic mass is 10.1. The van der Waals surface area contributed by atoms with E-state index in [0.29, 0.717) is 6.61 Å². The molecule has 0 radical (unpaired) electrons. The van der Waals surface area contributed by atoms with Crippen LogP contribution in [-0.4, -0.2) is 18.6 Å². The molecular formula is C17H22N2O2. The number of pyridine rings is 1. The second-order valence-corrected chi connectivity index (χ2v) is 4.77. The number of benzene rings is 1. The average molecular weight is 286 g/mol. The van der Waals surface area contributed by atoms with E-state index in [0.717, 1.165) is 42.1 Å². The Kier molecular flexibility index (Phi) is 6.03. The number of ether oxygens (including phenoxy) is 2. The van der Waals surface area contributed by atoms with Crippen LogP contribution in [0.15, 0.2) is 42.7 Å². The van der Waals surface area contributed by atoms with Crippen LogP contribution < -0.4 is 14.8 Å². The van der Waals surface area contributed by atoms with Gasteiger partial charge in [-0.3, -0.25) is 4.98 Å². The van der Waals surface area contributed by atoms with Crippen molar-refractivity contribution in [1.82, 2.24) is 10.3 Å². The van der Waals surface area contributed by atoms with E-state index in [1.54, 1.807) is 19.5 Å². The Morgan fingerprint density at radius 3 is 2.67 bits per heavy atom. The molecule has 0 spiro atoms. The number of nitrogens with one attached hydrogen (secondary N) is 1. The highest BCUT2D eigenvalue weighted by Crippen LogP contribution is 2.31. The number of hydrogen-bond acceptors (Lipinski definition) is 4. The van der Waals surface area contributed by atoms with Crippen molar-refractivity contribution in [3.8, 4) is 11.5 Å². The van der Waals surface area contributed by atoms with Gasteiger partial charge in [-0.25, -0.2) is 0 Å². The molecule has 0 bridgehead atoms. The summed E-state index contributed by atoms with van der Waals surface area (Å²) < 4.78 is 11.4. The Morgan fingerprint density at radius 1 is 1.14 bits per heavy atom. The van der Waals surface area contributed by atoms with Crippen molar-refractivity contribution < 1.29 is 9.47 Å². The smallest absolute Gasteiger partial charge is 0.166 e. The summed E-state index contributed by atoms with van der Waals surface area (Å²) in [6.07, 6.45) is 4.65. The summed E-state index contributed by atoms with van der Waals surface area (Å²) in [5.41, 5.74) is 2.19. The van der Waals surface area contributed by atoms with Crippen LogP contribution in [0.5, 0.6) is 11.5 Å². The van der Waals surface area contributed by atoms with Crippen molar-refractivity contribution in [2.45, 2.75) is 26.5 Å². The van der Waals surface area contributed by atoms with Gasteiger partial charge >= 0.3 is 0 Å². The lowest BCUT2D eigenvalue weighted by molar-refractivity contribution is 0.280. The van der Waals surface area contributed by atoms with E-state index in [2.05, 4.69) is 23.3 Å². The predicted molar refractivity (Wildman–Crippen MR) is 83.6 cm³/mol. The Bertz CT molecular complexity index is 544. The van der Waals surface area contributed by atoms with E-state index >= 15 is 0 Å². The average Bonchev–Trinajstić information content (AvgIpc) is 2.54. The van der Waals surface area contributed by atoms with E-state index in [1.165, 1.54) is 0 Å². The van der Waals surface area contributed by atoms with E-state index in [4.69, 9.17) is 9.47 Å². The molecule has 21 heavy (non-hydrogen) atoms. The second kappa shape index (κ2) is 8.27. The standard InChI is InChI=1S/C17H22N2O2/c1-3-9-19-12-15-5-4-6-16(20-2)17(15)21-13-14-7-10-18-11-8-14/h4-8,10-11,19H,3,9,12-13H2,1-2H3. The number of methoxy groups -OCH3 is 1. The number of para-hydroxylation sites is 1. The van der Waals surface area contributed by atoms with Gasteiger partial charge in [0, 0.05) is 24.5 Å². The number of nitrogens with zero attached hydrogens (tertiary/aromatic N) is 1. The monoisotopic (exact) mass is 286 g/mol. The normalized spacial score (nSPS) is 10.4. The molecule has 1 aromatic carbocycles. The summed E-state index contributed by atoms with van der Waals surface area (Å²) in [5.74, 6) is 1.57. The molecule has 0 fully saturated rings. The quantitative estimate of drug-likeness (QED) is 0.757. The molecule has 1 heterocycles. The van der Waals surface area contributed by atoms with Gasteiger partial charge in [0.1, 0.15) is 6.61 Å². The lowest BCUT2D eigenvalue weighted by Crippen LogP contribution is -2.15. The molecule has 2 aromatic rings. The maximum absolute atomic E-state index is 5.98. The molecule has 0 atom stereocenters. The van der Waals surface area contributed by atoms with Crippen LogP contribution in [0.3, 0.4) is 0 Å². The molecule has 2 rings (SSSR count). The summed E-state index contributed by atoms with van der Waals surface area (Å²) >= 11 is 0. The maximum atomic E-state index is 5.98. The summed E-state index contributed by atoms with van der Waals surface area (Å²) in [6.45, 7) is 4.42. The zero-order chi connectivity index (χ0) is 14.9. The Hall–Kier alpha value is -2.07. The fourth-order valence-electron chi connectivity index (χ4n) is 2.06. The molecule has 0 aliphatic carbocycles. The third-order valence-electron chi connectivity index (χ3n) is 3.16. The zero-order valence-corrected chi connectivity index (χ0v) is 12.6. The molecule has 4 heteroatoms. The number of hydrogen-bond donors (Lipinski definition) is 1. The van der Waals surface area contributed by atoms with Crippen LogP contribution in [0.1, 0.15) is 24.5 Å². The molecule has 0 aliphatic heterocycles. The molecule has 1 aromatic heterocycles. The summed E-state index contributed by atoms with van der Waals surface area (Å²) in [4.78, 5) is 4.01. The third kappa shape index (κ3) is 4.46. The SMILES string of the molecule is CCCNCc1cccc(OC)c1OCc1ccncc1. The maximum Gasteiger partial charge on any atom is 0.166 e. The molecule has 0 saturated carbocycles. The molecular weight excluding hydrogens is 264 g/mol. The van der Waals surface area contributed by atoms with E-state index in [9.17, 15) is 0 Å². The topological polar surface area (TPSA) is 43.4 Å². The van der Waals surface area contributed by atoms with Crippen LogP contribution in [-0.2, 0) is 13.2 Å². The molecule has 112 valence electrons. The van der Waals surface area contributed by atoms with Crippen molar-refractivity contribution in [2.75, 3.05) is 13.7 Å². The van der Waals surface area contributed by atoms with Crippen LogP contribution in [0.25, 0.3) is 0 Å². The van der Waals surface area contributed by atoms with Crippen LogP contribution in [0.2, 0.25) is 0 Å². The molecule has 0 aliphatic rings. The fourth-order valence-corrected chi connectivity index (χ4v) is 2.06. The molecule has 0 amide bonds. The van der Waals surface area contributed by atoms with Gasteiger partial charge in [0.25, 0.3) is 0 Å². The van der Waals surface area contributed by atoms with Gasteiger partial charge in [-0.05, 0) is 36.7 Å². The van der Waals surface area contributed by atoms with Gasteiger partial charge in [0.15, 0.2) is 11.5 Å². The minimum absolute atomic E-state index is 0.504. The minimum atomic E-state index is 0.504. The first-order valence-electron chi connectivity index (χ1n) is 7.23. The Labute approximate surface area is 126 Å². The van der Waals surface area contributed by atoms with Gasteiger partial charge in [0.05, 0.1) is 7.11 Å². The van der Waals surface area contributed by atoms with E-state index in [-0.39, 0.29) is 0 Å². The summed E-state index contributed by atoms with van der Waals surface area (Å²) in [5, 5.41) is 3.40. The summed E-state index contributed by atoms with van der Waals surface area (Å²) in [7, 11) is 1.66. The molecule has 0 unspecified atom stereocenters. The molecule has 0 saturated heterocycles. The van der Waals surface area contributed by atoms with Gasteiger partial charge in [-0.15, -0.1) is 0 Å². The molecule has 4 nitrogen and oxygen atoms in total. The molecule has 1 N–H and O–H groups in total. The van der Waals surface area contributed by atoms with Crippen LogP contribution in [0.4, 0.5) is 0 Å². The Morgan fingerprint density at radius 2 is 1.95 bits per heavy atom. The third-order valence-corrected chi connectivity index (χ3v) is 3.16. The first-order chi connectivity index (χ1) is 10.3. The predicted octanol–water partition coefficient (Wildman–Crippen LogP) is 3.17. The zero-order valence-electron chi connectivity index (χ0n) is 12.6. The fraction of sp³-hybridized carbons (Fsp3) is 0.353. The van der Waals surface area contributed by atoms with E-state index < -0.39 is 0 Å². The highest BCUT2D eigenvalue weighted by Gasteiger charge is 2.10. The minimum Gasteiger partial charge on any atom is -0.493 e. The van der Waals surface area contributed by atoms with Gasteiger partial charge in [-0.2, -0.15) is 0 Å². The van der Waals surface area contributed by atoms with Gasteiger partial charge in [-0.1, -0.05) is 19.1 Å². The van der Waals surface area contributed by atoms with Crippen molar-refractivity contribution in [3.05, 3.63) is 53.9 Å². The highest BCUT2D eigenvalue weighted by molar-refractivity contribution is 5.46. The highest BCUT2D eigenvalue weighted by atomic mass is 16.5. The van der Waals surface area contributed by atoms with Crippen molar-refractivity contribution in [3.63, 3.8) is 0 Å². The van der Waals surface area contributed by atoms with Crippen LogP contribution >= 0.6 is 0 Å². The second-order valence-electron chi connectivity index (χ2n) is 4.77. The van der Waals surface area contributed by atoms with Crippen molar-refractivity contribution in [1.29, 1.82) is 0 Å². The summed E-state index contributed by atoms with van der Waals surface area (Å²) in [6, 6.07) is 9.87. The van der Waals surface area contributed by atoms with E-state index in [1.807, 2.05) is 24.3 Å². The number of rotatable bonds is 8. The lowest BCUT2D eigenvalue weighted by Gasteiger charge is -2.15. The first kappa shape index (κ1) is 15.3. The first-order valence-corrected chi connectivity index (χ1v) is 7.23. The Balaban J connectivity index is 2.11. The van der Waals surface area contributed by atoms with Crippen molar-refractivity contribution in [2.24, 2.45) is 0 Å². The number of aromatic nitrogens is 1. The van der Waals surface area contributed by atoms with Crippen LogP contribution in [0, 0.1) is 0 Å². The van der Waals surface area contributed by atoms with Gasteiger partial charge in [0.2, 0.25) is 0 Å². The largest absolute Gasteiger partial charge is 0.493 e. The van der Waals surface area contributed by atoms with Gasteiger partial charge < -0.3 is 14.8 Å². The van der Waals surface area contributed by atoms with Crippen molar-refractivity contribution >= 4 is 0 Å².